The summed E-state index contributed by atoms with van der Waals surface area (Å²) in [4.78, 5) is 12.1. The minimum absolute atomic E-state index is 0.263. The first-order chi connectivity index (χ1) is 9.95. The van der Waals surface area contributed by atoms with Gasteiger partial charge in [-0.1, -0.05) is 15.9 Å². The number of nitrogens with one attached hydrogen (secondary N) is 1. The molecule has 0 aliphatic rings. The minimum atomic E-state index is -0.681. The van der Waals surface area contributed by atoms with E-state index in [0.717, 1.165) is 10.0 Å². The molecule has 3 nitrogen and oxygen atoms in total. The van der Waals surface area contributed by atoms with Crippen molar-refractivity contribution in [3.05, 3.63) is 58.3 Å². The fourth-order valence-corrected chi connectivity index (χ4v) is 1.98. The van der Waals surface area contributed by atoms with Gasteiger partial charge in [0.1, 0.15) is 11.6 Å². The smallest absolute Gasteiger partial charge is 0.265 e. The molecule has 1 N–H and O–H groups in total. The third-order valence-corrected chi connectivity index (χ3v) is 3.81. The van der Waals surface area contributed by atoms with Crippen LogP contribution in [0.25, 0.3) is 0 Å². The summed E-state index contributed by atoms with van der Waals surface area (Å²) in [7, 11) is 0. The second-order valence-corrected chi connectivity index (χ2v) is 5.52. The van der Waals surface area contributed by atoms with Crippen molar-refractivity contribution in [3.8, 4) is 5.75 Å². The Morgan fingerprint density at radius 2 is 1.90 bits per heavy atom. The van der Waals surface area contributed by atoms with Gasteiger partial charge in [-0.15, -0.1) is 0 Å². The van der Waals surface area contributed by atoms with E-state index in [1.165, 1.54) is 24.3 Å². The molecule has 0 fully saturated rings. The average Bonchev–Trinajstić information content (AvgIpc) is 2.45. The molecule has 2 aromatic rings. The van der Waals surface area contributed by atoms with E-state index in [9.17, 15) is 9.18 Å². The number of carbonyl (C=O) groups excluding carboxylic acids is 1. The van der Waals surface area contributed by atoms with Gasteiger partial charge in [0.15, 0.2) is 6.10 Å². The Morgan fingerprint density at radius 3 is 2.52 bits per heavy atom. The van der Waals surface area contributed by atoms with Crippen molar-refractivity contribution in [3.63, 3.8) is 0 Å². The molecule has 5 heteroatoms. The van der Waals surface area contributed by atoms with E-state index in [0.29, 0.717) is 11.4 Å². The molecule has 1 amide bonds. The predicted molar refractivity (Wildman–Crippen MR) is 84.0 cm³/mol. The molecular weight excluding hydrogens is 337 g/mol. The van der Waals surface area contributed by atoms with E-state index in [4.69, 9.17) is 4.74 Å². The fourth-order valence-electron chi connectivity index (χ4n) is 1.74. The van der Waals surface area contributed by atoms with Crippen LogP contribution in [0.3, 0.4) is 0 Å². The Balaban J connectivity index is 1.98. The van der Waals surface area contributed by atoms with E-state index < -0.39 is 6.10 Å². The zero-order valence-electron chi connectivity index (χ0n) is 11.7. The molecule has 0 radical (unpaired) electrons. The lowest BCUT2D eigenvalue weighted by atomic mass is 10.2. The highest BCUT2D eigenvalue weighted by molar-refractivity contribution is 9.10. The maximum absolute atomic E-state index is 12.8. The molecule has 0 bridgehead atoms. The van der Waals surface area contributed by atoms with Gasteiger partial charge in [-0.3, -0.25) is 4.79 Å². The van der Waals surface area contributed by atoms with Gasteiger partial charge >= 0.3 is 0 Å². The Kier molecular flexibility index (Phi) is 4.96. The van der Waals surface area contributed by atoms with Crippen LogP contribution in [-0.2, 0) is 4.79 Å². The molecule has 0 aromatic heterocycles. The van der Waals surface area contributed by atoms with Gasteiger partial charge in [-0.2, -0.15) is 0 Å². The van der Waals surface area contributed by atoms with Gasteiger partial charge in [-0.05, 0) is 61.9 Å². The molecule has 0 heterocycles. The van der Waals surface area contributed by atoms with Gasteiger partial charge in [-0.25, -0.2) is 4.39 Å². The molecule has 0 aliphatic heterocycles. The van der Waals surface area contributed by atoms with Gasteiger partial charge in [0.25, 0.3) is 5.91 Å². The van der Waals surface area contributed by atoms with Gasteiger partial charge < -0.3 is 10.1 Å². The SMILES string of the molecule is Cc1cc(NC(=O)C(C)Oc2ccc(F)cc2)ccc1Br. The zero-order chi connectivity index (χ0) is 15.4. The highest BCUT2D eigenvalue weighted by Crippen LogP contribution is 2.20. The highest BCUT2D eigenvalue weighted by Gasteiger charge is 2.15. The summed E-state index contributed by atoms with van der Waals surface area (Å²) in [6.45, 7) is 3.59. The Hall–Kier alpha value is -1.88. The summed E-state index contributed by atoms with van der Waals surface area (Å²) < 4.78 is 19.3. The van der Waals surface area contributed by atoms with Crippen LogP contribution in [0.1, 0.15) is 12.5 Å². The Labute approximate surface area is 131 Å². The van der Waals surface area contributed by atoms with Gasteiger partial charge in [0.2, 0.25) is 0 Å². The van der Waals surface area contributed by atoms with E-state index in [1.54, 1.807) is 13.0 Å². The lowest BCUT2D eigenvalue weighted by molar-refractivity contribution is -0.122. The van der Waals surface area contributed by atoms with E-state index in [-0.39, 0.29) is 11.7 Å². The minimum Gasteiger partial charge on any atom is -0.481 e. The van der Waals surface area contributed by atoms with Crippen LogP contribution in [0.5, 0.6) is 5.75 Å². The van der Waals surface area contributed by atoms with Crippen molar-refractivity contribution in [2.75, 3.05) is 5.32 Å². The summed E-state index contributed by atoms with van der Waals surface area (Å²) in [6.07, 6.45) is -0.681. The maximum atomic E-state index is 12.8. The molecule has 2 aromatic carbocycles. The summed E-state index contributed by atoms with van der Waals surface area (Å²) in [6, 6.07) is 11.1. The second-order valence-electron chi connectivity index (χ2n) is 4.67. The number of aryl methyl sites for hydroxylation is 1. The Bertz CT molecular complexity index is 643. The molecule has 0 saturated carbocycles. The topological polar surface area (TPSA) is 38.3 Å². The Morgan fingerprint density at radius 1 is 1.24 bits per heavy atom. The third kappa shape index (κ3) is 4.29. The third-order valence-electron chi connectivity index (χ3n) is 2.92. The molecular formula is C16H15BrFNO2. The number of ether oxygens (including phenoxy) is 1. The molecule has 1 unspecified atom stereocenters. The lowest BCUT2D eigenvalue weighted by Gasteiger charge is -2.15. The van der Waals surface area contributed by atoms with Crippen LogP contribution in [0, 0.1) is 12.7 Å². The molecule has 21 heavy (non-hydrogen) atoms. The van der Waals surface area contributed by atoms with E-state index in [1.807, 2.05) is 19.1 Å². The summed E-state index contributed by atoms with van der Waals surface area (Å²) in [5, 5.41) is 2.78. The standard InChI is InChI=1S/C16H15BrFNO2/c1-10-9-13(5-8-15(10)17)19-16(20)11(2)21-14-6-3-12(18)4-7-14/h3-9,11H,1-2H3,(H,19,20). The van der Waals surface area contributed by atoms with E-state index in [2.05, 4.69) is 21.2 Å². The summed E-state index contributed by atoms with van der Waals surface area (Å²) >= 11 is 3.41. The number of benzene rings is 2. The number of amides is 1. The number of rotatable bonds is 4. The lowest BCUT2D eigenvalue weighted by Crippen LogP contribution is -2.30. The van der Waals surface area contributed by atoms with Crippen LogP contribution < -0.4 is 10.1 Å². The molecule has 1 atom stereocenters. The van der Waals surface area contributed by atoms with Gasteiger partial charge in [0, 0.05) is 10.2 Å². The zero-order valence-corrected chi connectivity index (χ0v) is 13.3. The number of carbonyl (C=O) groups is 1. The highest BCUT2D eigenvalue weighted by atomic mass is 79.9. The van der Waals surface area contributed by atoms with Crippen LogP contribution in [0.2, 0.25) is 0 Å². The van der Waals surface area contributed by atoms with Gasteiger partial charge in [0.05, 0.1) is 0 Å². The molecule has 2 rings (SSSR count). The summed E-state index contributed by atoms with van der Waals surface area (Å²) in [5.74, 6) is -0.156. The number of anilines is 1. The summed E-state index contributed by atoms with van der Waals surface area (Å²) in [5.41, 5.74) is 1.73. The van der Waals surface area contributed by atoms with Crippen molar-refractivity contribution in [2.45, 2.75) is 20.0 Å². The fraction of sp³-hybridized carbons (Fsp3) is 0.188. The van der Waals surface area contributed by atoms with Crippen molar-refractivity contribution >= 4 is 27.5 Å². The second kappa shape index (κ2) is 6.72. The van der Waals surface area contributed by atoms with Crippen LogP contribution in [0.4, 0.5) is 10.1 Å². The number of halogens is 2. The van der Waals surface area contributed by atoms with Crippen LogP contribution in [0.15, 0.2) is 46.9 Å². The van der Waals surface area contributed by atoms with Crippen molar-refractivity contribution in [1.29, 1.82) is 0 Å². The predicted octanol–water partition coefficient (Wildman–Crippen LogP) is 4.30. The van der Waals surface area contributed by atoms with E-state index >= 15 is 0 Å². The first kappa shape index (κ1) is 15.5. The molecule has 0 saturated heterocycles. The monoisotopic (exact) mass is 351 g/mol. The largest absolute Gasteiger partial charge is 0.481 e. The normalized spacial score (nSPS) is 11.8. The molecule has 0 spiro atoms. The first-order valence-corrected chi connectivity index (χ1v) is 7.24. The average molecular weight is 352 g/mol. The maximum Gasteiger partial charge on any atom is 0.265 e. The number of hydrogen-bond acceptors (Lipinski definition) is 2. The van der Waals surface area contributed by atoms with Crippen molar-refractivity contribution in [1.82, 2.24) is 0 Å². The van der Waals surface area contributed by atoms with Crippen molar-refractivity contribution in [2.24, 2.45) is 0 Å². The van der Waals surface area contributed by atoms with Crippen LogP contribution >= 0.6 is 15.9 Å². The number of hydrogen-bond donors (Lipinski definition) is 1. The first-order valence-electron chi connectivity index (χ1n) is 6.45. The van der Waals surface area contributed by atoms with Crippen molar-refractivity contribution < 1.29 is 13.9 Å². The molecule has 0 aliphatic carbocycles. The molecule has 110 valence electrons. The van der Waals surface area contributed by atoms with Crippen LogP contribution in [-0.4, -0.2) is 12.0 Å². The quantitative estimate of drug-likeness (QED) is 0.891.